The maximum atomic E-state index is 13.1. The van der Waals surface area contributed by atoms with Gasteiger partial charge in [0.2, 0.25) is 5.91 Å². The molecule has 0 fully saturated rings. The van der Waals surface area contributed by atoms with E-state index in [-0.39, 0.29) is 22.2 Å². The number of ether oxygens (including phenoxy) is 1. The molecule has 33 heavy (non-hydrogen) atoms. The van der Waals surface area contributed by atoms with Crippen LogP contribution in [0.25, 0.3) is 0 Å². The standard InChI is InChI=1S/C24H28N2O5S2/c1-31-23(28)22-19-12-13-26(21(27)14-17-8-4-2-5-9-17)16-20(19)32-24(22)33(29,30)25-15-18-10-6-3-7-11-18/h3,6-8,10-11,25H,2,4-5,9,12-16H2,1H3. The summed E-state index contributed by atoms with van der Waals surface area (Å²) in [7, 11) is -2.70. The molecule has 0 radical (unpaired) electrons. The average molecular weight is 489 g/mol. The van der Waals surface area contributed by atoms with E-state index in [1.54, 1.807) is 4.90 Å². The van der Waals surface area contributed by atoms with Crippen molar-refractivity contribution in [1.82, 2.24) is 9.62 Å². The molecule has 1 aliphatic heterocycles. The molecule has 4 rings (SSSR count). The fourth-order valence-electron chi connectivity index (χ4n) is 4.30. The highest BCUT2D eigenvalue weighted by atomic mass is 32.2. The maximum absolute atomic E-state index is 13.1. The Labute approximate surface area is 198 Å². The van der Waals surface area contributed by atoms with Crippen LogP contribution in [0.4, 0.5) is 0 Å². The third-order valence-electron chi connectivity index (χ3n) is 6.08. The van der Waals surface area contributed by atoms with E-state index in [0.717, 1.165) is 41.0 Å². The Bertz CT molecular complexity index is 1170. The molecule has 0 atom stereocenters. The highest BCUT2D eigenvalue weighted by Gasteiger charge is 2.35. The minimum Gasteiger partial charge on any atom is -0.465 e. The topological polar surface area (TPSA) is 92.8 Å². The van der Waals surface area contributed by atoms with Crippen LogP contribution < -0.4 is 4.72 Å². The first-order chi connectivity index (χ1) is 15.9. The molecule has 1 amide bonds. The largest absolute Gasteiger partial charge is 0.465 e. The molecule has 7 nitrogen and oxygen atoms in total. The fraction of sp³-hybridized carbons (Fsp3) is 0.417. The zero-order chi connectivity index (χ0) is 23.4. The van der Waals surface area contributed by atoms with Crippen LogP contribution in [0.15, 0.2) is 46.2 Å². The molecule has 2 heterocycles. The van der Waals surface area contributed by atoms with Gasteiger partial charge in [-0.15, -0.1) is 11.3 Å². The van der Waals surface area contributed by atoms with Gasteiger partial charge in [0.15, 0.2) is 0 Å². The molecule has 9 heteroatoms. The minimum absolute atomic E-state index is 0.0421. The monoisotopic (exact) mass is 488 g/mol. The van der Waals surface area contributed by atoms with Crippen molar-refractivity contribution in [2.24, 2.45) is 0 Å². The molecule has 1 aliphatic carbocycles. The second kappa shape index (κ2) is 10.2. The number of thiophene rings is 1. The first-order valence-corrected chi connectivity index (χ1v) is 13.4. The predicted molar refractivity (Wildman–Crippen MR) is 126 cm³/mol. The Morgan fingerprint density at radius 2 is 1.94 bits per heavy atom. The number of esters is 1. The van der Waals surface area contributed by atoms with Crippen molar-refractivity contribution >= 4 is 33.2 Å². The molecule has 0 spiro atoms. The Kier molecular flexibility index (Phi) is 7.31. The first kappa shape index (κ1) is 23.7. The summed E-state index contributed by atoms with van der Waals surface area (Å²) in [6, 6.07) is 9.19. The summed E-state index contributed by atoms with van der Waals surface area (Å²) in [5.74, 6) is -0.617. The third kappa shape index (κ3) is 5.37. The van der Waals surface area contributed by atoms with Gasteiger partial charge >= 0.3 is 5.97 Å². The van der Waals surface area contributed by atoms with E-state index < -0.39 is 16.0 Å². The molecule has 1 N–H and O–H groups in total. The van der Waals surface area contributed by atoms with Crippen LogP contribution in [-0.4, -0.2) is 38.8 Å². The van der Waals surface area contributed by atoms with Gasteiger partial charge in [0.25, 0.3) is 10.0 Å². The summed E-state index contributed by atoms with van der Waals surface area (Å²) in [5, 5.41) is 0. The molecular weight excluding hydrogens is 460 g/mol. The number of carbonyl (C=O) groups excluding carboxylic acids is 2. The van der Waals surface area contributed by atoms with Crippen LogP contribution in [0.5, 0.6) is 0 Å². The highest BCUT2D eigenvalue weighted by molar-refractivity contribution is 7.91. The summed E-state index contributed by atoms with van der Waals surface area (Å²) >= 11 is 1.06. The van der Waals surface area contributed by atoms with Crippen LogP contribution in [0, 0.1) is 0 Å². The number of hydrogen-bond acceptors (Lipinski definition) is 6. The number of nitrogens with one attached hydrogen (secondary N) is 1. The van der Waals surface area contributed by atoms with Gasteiger partial charge in [-0.3, -0.25) is 4.79 Å². The zero-order valence-corrected chi connectivity index (χ0v) is 20.3. The van der Waals surface area contributed by atoms with E-state index in [1.165, 1.54) is 19.1 Å². The van der Waals surface area contributed by atoms with Crippen molar-refractivity contribution in [3.8, 4) is 0 Å². The number of benzene rings is 1. The van der Waals surface area contributed by atoms with E-state index in [0.29, 0.717) is 31.5 Å². The van der Waals surface area contributed by atoms with Crippen LogP contribution in [0.3, 0.4) is 0 Å². The molecule has 2 aliphatic rings. The van der Waals surface area contributed by atoms with Crippen LogP contribution in [0.2, 0.25) is 0 Å². The van der Waals surface area contributed by atoms with E-state index in [9.17, 15) is 18.0 Å². The van der Waals surface area contributed by atoms with Gasteiger partial charge in [0.1, 0.15) is 4.21 Å². The Hall–Kier alpha value is -2.49. The van der Waals surface area contributed by atoms with Gasteiger partial charge in [-0.25, -0.2) is 17.9 Å². The number of allylic oxidation sites excluding steroid dienone is 1. The molecule has 1 aromatic carbocycles. The fourth-order valence-corrected chi connectivity index (χ4v) is 7.26. The Morgan fingerprint density at radius 1 is 1.15 bits per heavy atom. The SMILES string of the molecule is COC(=O)c1c(S(=O)(=O)NCc2ccccc2)sc2c1CCN(C(=O)CC1=CCCCC1)C2. The second-order valence-corrected chi connectivity index (χ2v) is 11.4. The quantitative estimate of drug-likeness (QED) is 0.473. The highest BCUT2D eigenvalue weighted by Crippen LogP contribution is 2.37. The lowest BCUT2D eigenvalue weighted by molar-refractivity contribution is -0.131. The summed E-state index contributed by atoms with van der Waals surface area (Å²) in [5.41, 5.74) is 2.77. The number of amides is 1. The van der Waals surface area contributed by atoms with Gasteiger partial charge < -0.3 is 9.64 Å². The molecule has 0 bridgehead atoms. The lowest BCUT2D eigenvalue weighted by Gasteiger charge is -2.28. The number of sulfonamides is 1. The molecule has 1 aromatic heterocycles. The van der Waals surface area contributed by atoms with Crippen molar-refractivity contribution in [2.75, 3.05) is 13.7 Å². The summed E-state index contributed by atoms with van der Waals surface area (Å²) in [4.78, 5) is 27.9. The minimum atomic E-state index is -3.94. The predicted octanol–water partition coefficient (Wildman–Crippen LogP) is 3.79. The maximum Gasteiger partial charge on any atom is 0.340 e. The normalized spacial score (nSPS) is 16.2. The van der Waals surface area contributed by atoms with Crippen molar-refractivity contribution in [3.63, 3.8) is 0 Å². The van der Waals surface area contributed by atoms with Crippen molar-refractivity contribution in [3.05, 3.63) is 63.5 Å². The van der Waals surface area contributed by atoms with Crippen molar-refractivity contribution in [2.45, 2.75) is 55.8 Å². The first-order valence-electron chi connectivity index (χ1n) is 11.1. The Balaban J connectivity index is 1.56. The van der Waals surface area contributed by atoms with E-state index in [4.69, 9.17) is 4.74 Å². The van der Waals surface area contributed by atoms with Gasteiger partial charge in [-0.1, -0.05) is 42.0 Å². The number of nitrogens with zero attached hydrogens (tertiary/aromatic N) is 1. The number of fused-ring (bicyclic) bond motifs is 1. The van der Waals surface area contributed by atoms with Crippen LogP contribution >= 0.6 is 11.3 Å². The Morgan fingerprint density at radius 3 is 2.64 bits per heavy atom. The number of hydrogen-bond donors (Lipinski definition) is 1. The third-order valence-corrected chi connectivity index (χ3v) is 9.22. The van der Waals surface area contributed by atoms with E-state index >= 15 is 0 Å². The summed E-state index contributed by atoms with van der Waals surface area (Å²) in [6.07, 6.45) is 7.28. The summed E-state index contributed by atoms with van der Waals surface area (Å²) in [6.45, 7) is 0.882. The summed E-state index contributed by atoms with van der Waals surface area (Å²) < 4.78 is 33.8. The van der Waals surface area contributed by atoms with Crippen LogP contribution in [0.1, 0.15) is 58.5 Å². The molecule has 176 valence electrons. The van der Waals surface area contributed by atoms with Gasteiger partial charge in [0, 0.05) is 24.4 Å². The molecule has 0 saturated heterocycles. The number of methoxy groups -OCH3 is 1. The second-order valence-electron chi connectivity index (χ2n) is 8.32. The molecule has 0 unspecified atom stereocenters. The molecular formula is C24H28N2O5S2. The van der Waals surface area contributed by atoms with Gasteiger partial charge in [0.05, 0.1) is 19.2 Å². The average Bonchev–Trinajstić information content (AvgIpc) is 3.23. The lowest BCUT2D eigenvalue weighted by atomic mass is 9.96. The lowest BCUT2D eigenvalue weighted by Crippen LogP contribution is -2.36. The van der Waals surface area contributed by atoms with Gasteiger partial charge in [-0.2, -0.15) is 0 Å². The van der Waals surface area contributed by atoms with Crippen molar-refractivity contribution in [1.29, 1.82) is 0 Å². The van der Waals surface area contributed by atoms with E-state index in [1.807, 2.05) is 30.3 Å². The number of rotatable bonds is 7. The zero-order valence-electron chi connectivity index (χ0n) is 18.6. The number of carbonyl (C=O) groups is 2. The van der Waals surface area contributed by atoms with Gasteiger partial charge in [-0.05, 0) is 43.2 Å². The van der Waals surface area contributed by atoms with Crippen LogP contribution in [-0.2, 0) is 39.1 Å². The molecule has 2 aromatic rings. The molecule has 0 saturated carbocycles. The smallest absolute Gasteiger partial charge is 0.340 e. The van der Waals surface area contributed by atoms with Crippen molar-refractivity contribution < 1.29 is 22.7 Å². The van der Waals surface area contributed by atoms with E-state index in [2.05, 4.69) is 10.8 Å².